The third-order valence-electron chi connectivity index (χ3n) is 2.71. The fraction of sp³-hybridized carbons (Fsp3) is 0.0769. The molecular formula is C13H10OS. The number of phenolic OH excluding ortho intramolecular Hbond substituents is 1. The minimum Gasteiger partial charge on any atom is -0.506 e. The maximum absolute atomic E-state index is 9.81. The number of hydrogen-bond donors (Lipinski definition) is 1. The topological polar surface area (TPSA) is 20.2 Å². The third-order valence-corrected chi connectivity index (χ3v) is 3.91. The molecule has 15 heavy (non-hydrogen) atoms. The van der Waals surface area contributed by atoms with Gasteiger partial charge < -0.3 is 5.11 Å². The van der Waals surface area contributed by atoms with Crippen molar-refractivity contribution in [1.29, 1.82) is 0 Å². The summed E-state index contributed by atoms with van der Waals surface area (Å²) in [6.45, 7) is 2.08. The summed E-state index contributed by atoms with van der Waals surface area (Å²) in [6, 6.07) is 12.0. The van der Waals surface area contributed by atoms with Gasteiger partial charge in [-0.15, -0.1) is 11.3 Å². The molecule has 0 aliphatic carbocycles. The molecule has 0 aliphatic rings. The molecule has 0 fully saturated rings. The molecule has 0 radical (unpaired) electrons. The second kappa shape index (κ2) is 2.97. The molecule has 1 N–H and O–H groups in total. The van der Waals surface area contributed by atoms with Crippen molar-refractivity contribution >= 4 is 31.5 Å². The van der Waals surface area contributed by atoms with Crippen LogP contribution in [-0.4, -0.2) is 5.11 Å². The van der Waals surface area contributed by atoms with E-state index in [9.17, 15) is 5.11 Å². The summed E-state index contributed by atoms with van der Waals surface area (Å²) >= 11 is 1.65. The van der Waals surface area contributed by atoms with Gasteiger partial charge in [-0.25, -0.2) is 0 Å². The van der Waals surface area contributed by atoms with Gasteiger partial charge in [0, 0.05) is 15.5 Å². The van der Waals surface area contributed by atoms with Gasteiger partial charge in [0.25, 0.3) is 0 Å². The van der Waals surface area contributed by atoms with Gasteiger partial charge in [-0.2, -0.15) is 0 Å². The maximum Gasteiger partial charge on any atom is 0.133 e. The van der Waals surface area contributed by atoms with Gasteiger partial charge >= 0.3 is 0 Å². The fourth-order valence-electron chi connectivity index (χ4n) is 1.98. The van der Waals surface area contributed by atoms with E-state index in [0.29, 0.717) is 5.75 Å². The van der Waals surface area contributed by atoms with Crippen molar-refractivity contribution in [3.05, 3.63) is 42.0 Å². The van der Waals surface area contributed by atoms with E-state index in [1.165, 1.54) is 21.0 Å². The molecule has 0 unspecified atom stereocenters. The van der Waals surface area contributed by atoms with Crippen LogP contribution in [0.25, 0.3) is 20.2 Å². The highest BCUT2D eigenvalue weighted by Crippen LogP contribution is 2.40. The first kappa shape index (κ1) is 8.74. The maximum atomic E-state index is 9.81. The van der Waals surface area contributed by atoms with Crippen LogP contribution in [0.1, 0.15) is 5.56 Å². The van der Waals surface area contributed by atoms with E-state index < -0.39 is 0 Å². The molecule has 3 aromatic rings. The number of thiophene rings is 1. The predicted octanol–water partition coefficient (Wildman–Crippen LogP) is 4.07. The van der Waals surface area contributed by atoms with Crippen molar-refractivity contribution in [1.82, 2.24) is 0 Å². The number of hydrogen-bond acceptors (Lipinski definition) is 2. The monoisotopic (exact) mass is 214 g/mol. The second-order valence-corrected chi connectivity index (χ2v) is 4.76. The van der Waals surface area contributed by atoms with Crippen LogP contribution in [0, 0.1) is 6.92 Å². The van der Waals surface area contributed by atoms with Crippen molar-refractivity contribution in [3.8, 4) is 5.75 Å². The highest BCUT2D eigenvalue weighted by molar-refractivity contribution is 7.26. The molecule has 0 aliphatic heterocycles. The lowest BCUT2D eigenvalue weighted by Crippen LogP contribution is -1.74. The Kier molecular flexibility index (Phi) is 1.73. The molecule has 74 valence electrons. The van der Waals surface area contributed by atoms with Crippen molar-refractivity contribution in [2.45, 2.75) is 6.92 Å². The summed E-state index contributed by atoms with van der Waals surface area (Å²) in [5.41, 5.74) is 1.22. The molecule has 0 spiro atoms. The van der Waals surface area contributed by atoms with Gasteiger partial charge in [0.05, 0.1) is 4.70 Å². The summed E-state index contributed by atoms with van der Waals surface area (Å²) < 4.78 is 2.23. The first-order chi connectivity index (χ1) is 7.27. The molecule has 1 heterocycles. The average molecular weight is 214 g/mol. The molecule has 3 rings (SSSR count). The molecule has 0 amide bonds. The molecule has 0 saturated heterocycles. The van der Waals surface area contributed by atoms with E-state index in [4.69, 9.17) is 0 Å². The number of aromatic hydroxyl groups is 1. The zero-order chi connectivity index (χ0) is 10.4. The molecule has 0 atom stereocenters. The van der Waals surface area contributed by atoms with Crippen molar-refractivity contribution < 1.29 is 5.11 Å². The van der Waals surface area contributed by atoms with Crippen LogP contribution in [0.4, 0.5) is 0 Å². The Bertz CT molecular complexity index is 652. The quantitative estimate of drug-likeness (QED) is 0.598. The minimum atomic E-state index is 0.386. The van der Waals surface area contributed by atoms with Crippen molar-refractivity contribution in [3.63, 3.8) is 0 Å². The van der Waals surface area contributed by atoms with E-state index in [0.717, 1.165) is 4.70 Å². The van der Waals surface area contributed by atoms with Gasteiger partial charge in [0.2, 0.25) is 0 Å². The third kappa shape index (κ3) is 1.15. The SMILES string of the molecule is Cc1ccc(O)c2sc3ccccc3c12. The van der Waals surface area contributed by atoms with E-state index >= 15 is 0 Å². The first-order valence-electron chi connectivity index (χ1n) is 4.87. The normalized spacial score (nSPS) is 11.3. The predicted molar refractivity (Wildman–Crippen MR) is 65.7 cm³/mol. The molecular weight excluding hydrogens is 204 g/mol. The standard InChI is InChI=1S/C13H10OS/c1-8-6-7-10(14)13-12(8)9-4-2-3-5-11(9)15-13/h2-7,14H,1H3. The molecule has 2 aromatic carbocycles. The summed E-state index contributed by atoms with van der Waals surface area (Å²) in [4.78, 5) is 0. The molecule has 1 nitrogen and oxygen atoms in total. The highest BCUT2D eigenvalue weighted by atomic mass is 32.1. The lowest BCUT2D eigenvalue weighted by atomic mass is 10.1. The molecule has 2 heteroatoms. The van der Waals surface area contributed by atoms with Crippen LogP contribution < -0.4 is 0 Å². The lowest BCUT2D eigenvalue weighted by Gasteiger charge is -1.98. The Hall–Kier alpha value is -1.54. The zero-order valence-electron chi connectivity index (χ0n) is 8.32. The largest absolute Gasteiger partial charge is 0.506 e. The number of benzene rings is 2. The van der Waals surface area contributed by atoms with E-state index in [2.05, 4.69) is 19.1 Å². The number of phenols is 1. The van der Waals surface area contributed by atoms with Gasteiger partial charge in [0.1, 0.15) is 5.75 Å². The van der Waals surface area contributed by atoms with E-state index in [1.54, 1.807) is 17.4 Å². The Balaban J connectivity index is 2.66. The van der Waals surface area contributed by atoms with Gasteiger partial charge in [-0.1, -0.05) is 24.3 Å². The summed E-state index contributed by atoms with van der Waals surface area (Å²) in [6.07, 6.45) is 0. The Morgan fingerprint density at radius 3 is 2.73 bits per heavy atom. The van der Waals surface area contributed by atoms with Crippen LogP contribution in [0.15, 0.2) is 36.4 Å². The van der Waals surface area contributed by atoms with E-state index in [-0.39, 0.29) is 0 Å². The Morgan fingerprint density at radius 1 is 1.07 bits per heavy atom. The fourth-order valence-corrected chi connectivity index (χ4v) is 3.17. The lowest BCUT2D eigenvalue weighted by molar-refractivity contribution is 0.482. The Labute approximate surface area is 91.6 Å². The summed E-state index contributed by atoms with van der Waals surface area (Å²) in [7, 11) is 0. The number of aryl methyl sites for hydroxylation is 1. The van der Waals surface area contributed by atoms with Crippen molar-refractivity contribution in [2.75, 3.05) is 0 Å². The van der Waals surface area contributed by atoms with Crippen molar-refractivity contribution in [2.24, 2.45) is 0 Å². The van der Waals surface area contributed by atoms with Gasteiger partial charge in [-0.05, 0) is 24.6 Å². The summed E-state index contributed by atoms with van der Waals surface area (Å²) in [5.74, 6) is 0.386. The van der Waals surface area contributed by atoms with Crippen LogP contribution in [0.3, 0.4) is 0 Å². The van der Waals surface area contributed by atoms with Gasteiger partial charge in [-0.3, -0.25) is 0 Å². The molecule has 0 bridgehead atoms. The number of fused-ring (bicyclic) bond motifs is 3. The minimum absolute atomic E-state index is 0.386. The van der Waals surface area contributed by atoms with Crippen LogP contribution in [0.2, 0.25) is 0 Å². The zero-order valence-corrected chi connectivity index (χ0v) is 9.14. The number of rotatable bonds is 0. The molecule has 0 saturated carbocycles. The highest BCUT2D eigenvalue weighted by Gasteiger charge is 2.09. The van der Waals surface area contributed by atoms with Gasteiger partial charge in [0.15, 0.2) is 0 Å². The first-order valence-corrected chi connectivity index (χ1v) is 5.69. The smallest absolute Gasteiger partial charge is 0.133 e. The average Bonchev–Trinajstić information content (AvgIpc) is 2.64. The van der Waals surface area contributed by atoms with Crippen LogP contribution >= 0.6 is 11.3 Å². The summed E-state index contributed by atoms with van der Waals surface area (Å²) in [5, 5.41) is 12.2. The Morgan fingerprint density at radius 2 is 1.87 bits per heavy atom. The van der Waals surface area contributed by atoms with Crippen LogP contribution in [0.5, 0.6) is 5.75 Å². The second-order valence-electron chi connectivity index (χ2n) is 3.70. The van der Waals surface area contributed by atoms with Crippen LogP contribution in [-0.2, 0) is 0 Å². The molecule has 1 aromatic heterocycles. The van der Waals surface area contributed by atoms with E-state index in [1.807, 2.05) is 18.2 Å².